The van der Waals surface area contributed by atoms with Gasteiger partial charge in [-0.25, -0.2) is 8.42 Å². The topological polar surface area (TPSA) is 126 Å². The van der Waals surface area contributed by atoms with Gasteiger partial charge in [-0.2, -0.15) is 4.31 Å². The normalized spacial score (nSPS) is 16.8. The van der Waals surface area contributed by atoms with E-state index in [1.165, 1.54) is 41.2 Å². The summed E-state index contributed by atoms with van der Waals surface area (Å²) in [5, 5.41) is 12.4. The van der Waals surface area contributed by atoms with Gasteiger partial charge in [0.1, 0.15) is 0 Å². The summed E-state index contributed by atoms with van der Waals surface area (Å²) in [6, 6.07) is 9.28. The molecule has 1 aliphatic carbocycles. The highest BCUT2D eigenvalue weighted by Gasteiger charge is 2.32. The van der Waals surface area contributed by atoms with Crippen molar-refractivity contribution < 1.29 is 22.9 Å². The molecule has 0 unspecified atom stereocenters. The number of hydrogen-bond acceptors (Lipinski definition) is 6. The summed E-state index contributed by atoms with van der Waals surface area (Å²) >= 11 is 0. The molecule has 2 aromatic carbocycles. The van der Waals surface area contributed by atoms with E-state index >= 15 is 0 Å². The Bertz CT molecular complexity index is 1420. The lowest BCUT2D eigenvalue weighted by Gasteiger charge is -2.34. The van der Waals surface area contributed by atoms with E-state index in [-0.39, 0.29) is 42.7 Å². The minimum absolute atomic E-state index is 0.00924. The first-order chi connectivity index (χ1) is 16.8. The van der Waals surface area contributed by atoms with Crippen LogP contribution < -0.4 is 4.74 Å². The van der Waals surface area contributed by atoms with Crippen molar-refractivity contribution in [3.8, 4) is 5.75 Å². The van der Waals surface area contributed by atoms with E-state index < -0.39 is 20.6 Å². The molecule has 10 nitrogen and oxygen atoms in total. The van der Waals surface area contributed by atoms with E-state index in [0.29, 0.717) is 5.56 Å². The fraction of sp³-hybridized carbons (Fsp3) is 0.375. The second-order valence-electron chi connectivity index (χ2n) is 8.84. The van der Waals surface area contributed by atoms with Gasteiger partial charge in [-0.15, -0.1) is 0 Å². The van der Waals surface area contributed by atoms with E-state index in [1.54, 1.807) is 4.90 Å². The number of ether oxygens (including phenoxy) is 1. The van der Waals surface area contributed by atoms with Gasteiger partial charge in [0.25, 0.3) is 5.91 Å². The summed E-state index contributed by atoms with van der Waals surface area (Å²) in [6.07, 6.45) is 4.35. The number of benzene rings is 2. The fourth-order valence-corrected chi connectivity index (χ4v) is 6.42. The maximum atomic E-state index is 13.2. The molecular weight excluding hydrogens is 472 g/mol. The zero-order chi connectivity index (χ0) is 24.7. The van der Waals surface area contributed by atoms with Gasteiger partial charge in [0, 0.05) is 54.4 Å². The molecule has 1 saturated heterocycles. The van der Waals surface area contributed by atoms with Gasteiger partial charge in [0.15, 0.2) is 5.75 Å². The van der Waals surface area contributed by atoms with Gasteiger partial charge < -0.3 is 14.6 Å². The molecular formula is C24H26N4O6S. The first kappa shape index (κ1) is 23.3. The van der Waals surface area contributed by atoms with Gasteiger partial charge in [-0.3, -0.25) is 14.9 Å². The van der Waals surface area contributed by atoms with E-state index in [0.717, 1.165) is 36.2 Å². The molecule has 5 rings (SSSR count). The molecule has 0 saturated carbocycles. The number of carbonyl (C=O) groups excluding carboxylic acids is 1. The summed E-state index contributed by atoms with van der Waals surface area (Å²) in [6.45, 7) is 0.685. The number of nitro benzene ring substituents is 1. The molecule has 2 heterocycles. The van der Waals surface area contributed by atoms with Crippen LogP contribution in [0.5, 0.6) is 5.75 Å². The Hall–Kier alpha value is -3.44. The van der Waals surface area contributed by atoms with Crippen LogP contribution in [0.1, 0.15) is 34.5 Å². The highest BCUT2D eigenvalue weighted by atomic mass is 32.2. The number of hydrogen-bond donors (Lipinski definition) is 1. The SMILES string of the molecule is COc1ccc(S(=O)(=O)N2CCN(C(=O)c3ccc4[nH]c5c(c4c3)CCCC5)CC2)cc1[N+](=O)[O-]. The molecule has 1 aromatic heterocycles. The number of methoxy groups -OCH3 is 1. The first-order valence-electron chi connectivity index (χ1n) is 11.5. The summed E-state index contributed by atoms with van der Waals surface area (Å²) in [5.41, 5.74) is 3.77. The number of H-pyrrole nitrogens is 1. The number of amides is 1. The number of aryl methyl sites for hydroxylation is 2. The maximum absolute atomic E-state index is 13.2. The van der Waals surface area contributed by atoms with E-state index in [2.05, 4.69) is 4.98 Å². The van der Waals surface area contributed by atoms with Gasteiger partial charge in [0.2, 0.25) is 10.0 Å². The average Bonchev–Trinajstić information content (AvgIpc) is 3.25. The number of nitrogens with zero attached hydrogens (tertiary/aromatic N) is 3. The quantitative estimate of drug-likeness (QED) is 0.426. The molecule has 0 atom stereocenters. The van der Waals surface area contributed by atoms with Gasteiger partial charge in [-0.05, 0) is 61.6 Å². The number of nitrogens with one attached hydrogen (secondary N) is 1. The predicted molar refractivity (Wildman–Crippen MR) is 129 cm³/mol. The van der Waals surface area contributed by atoms with Crippen LogP contribution in [0.25, 0.3) is 10.9 Å². The standard InChI is InChI=1S/C24H26N4O6S/c1-34-23-9-7-17(15-22(23)28(30)31)35(32,33)27-12-10-26(11-13-27)24(29)16-6-8-21-19(14-16)18-4-2-3-5-20(18)25-21/h6-9,14-15,25H,2-5,10-13H2,1H3. The highest BCUT2D eigenvalue weighted by Crippen LogP contribution is 2.32. The van der Waals surface area contributed by atoms with E-state index in [1.807, 2.05) is 18.2 Å². The molecule has 2 aliphatic rings. The average molecular weight is 499 g/mol. The van der Waals surface area contributed by atoms with Crippen LogP contribution in [0.15, 0.2) is 41.3 Å². The van der Waals surface area contributed by atoms with Crippen molar-refractivity contribution in [1.82, 2.24) is 14.2 Å². The lowest BCUT2D eigenvalue weighted by Crippen LogP contribution is -2.50. The molecule has 1 fully saturated rings. The predicted octanol–water partition coefficient (Wildman–Crippen LogP) is 3.11. The van der Waals surface area contributed by atoms with Crippen molar-refractivity contribution in [3.63, 3.8) is 0 Å². The summed E-state index contributed by atoms with van der Waals surface area (Å²) in [5.74, 6) is -0.139. The fourth-order valence-electron chi connectivity index (χ4n) is 4.98. The van der Waals surface area contributed by atoms with Crippen LogP contribution in [0, 0.1) is 10.1 Å². The Kier molecular flexibility index (Phi) is 5.97. The Morgan fingerprint density at radius 1 is 1.06 bits per heavy atom. The van der Waals surface area contributed by atoms with Crippen molar-refractivity contribution >= 4 is 32.5 Å². The Morgan fingerprint density at radius 2 is 1.80 bits per heavy atom. The zero-order valence-electron chi connectivity index (χ0n) is 19.3. The lowest BCUT2D eigenvalue weighted by atomic mass is 9.95. The monoisotopic (exact) mass is 498 g/mol. The van der Waals surface area contributed by atoms with Gasteiger partial charge in [-0.1, -0.05) is 0 Å². The van der Waals surface area contributed by atoms with Crippen LogP contribution in [0.4, 0.5) is 5.69 Å². The molecule has 35 heavy (non-hydrogen) atoms. The first-order valence-corrected chi connectivity index (χ1v) is 13.0. The maximum Gasteiger partial charge on any atom is 0.312 e. The number of aromatic amines is 1. The van der Waals surface area contributed by atoms with Gasteiger partial charge in [0.05, 0.1) is 16.9 Å². The van der Waals surface area contributed by atoms with Crippen LogP contribution >= 0.6 is 0 Å². The molecule has 1 N–H and O–H groups in total. The second-order valence-corrected chi connectivity index (χ2v) is 10.8. The van der Waals surface area contributed by atoms with E-state index in [4.69, 9.17) is 4.74 Å². The molecule has 1 amide bonds. The van der Waals surface area contributed by atoms with Crippen LogP contribution in [0.3, 0.4) is 0 Å². The van der Waals surface area contributed by atoms with Crippen molar-refractivity contribution in [3.05, 3.63) is 63.3 Å². The Balaban J connectivity index is 1.31. The largest absolute Gasteiger partial charge is 0.490 e. The van der Waals surface area contributed by atoms with Crippen molar-refractivity contribution in [2.75, 3.05) is 33.3 Å². The number of rotatable bonds is 5. The van der Waals surface area contributed by atoms with Crippen LogP contribution in [-0.2, 0) is 22.9 Å². The Labute approximate surface area is 202 Å². The van der Waals surface area contributed by atoms with Crippen LogP contribution in [-0.4, -0.2) is 66.7 Å². The molecule has 1 aliphatic heterocycles. The van der Waals surface area contributed by atoms with Crippen LogP contribution in [0.2, 0.25) is 0 Å². The van der Waals surface area contributed by atoms with Crippen molar-refractivity contribution in [1.29, 1.82) is 0 Å². The third-order valence-corrected chi connectivity index (χ3v) is 8.75. The van der Waals surface area contributed by atoms with Crippen molar-refractivity contribution in [2.45, 2.75) is 30.6 Å². The minimum Gasteiger partial charge on any atom is -0.490 e. The summed E-state index contributed by atoms with van der Waals surface area (Å²) in [7, 11) is -2.67. The highest BCUT2D eigenvalue weighted by molar-refractivity contribution is 7.89. The summed E-state index contributed by atoms with van der Waals surface area (Å²) in [4.78, 5) is 28.8. The van der Waals surface area contributed by atoms with Gasteiger partial charge >= 0.3 is 5.69 Å². The zero-order valence-corrected chi connectivity index (χ0v) is 20.1. The third kappa shape index (κ3) is 4.14. The minimum atomic E-state index is -3.96. The third-order valence-electron chi connectivity index (χ3n) is 6.86. The number of carbonyl (C=O) groups is 1. The number of aromatic nitrogens is 1. The number of nitro groups is 1. The molecule has 3 aromatic rings. The van der Waals surface area contributed by atoms with Crippen molar-refractivity contribution in [2.24, 2.45) is 0 Å². The molecule has 0 radical (unpaired) electrons. The molecule has 11 heteroatoms. The number of fused-ring (bicyclic) bond motifs is 3. The Morgan fingerprint density at radius 3 is 2.51 bits per heavy atom. The smallest absolute Gasteiger partial charge is 0.312 e. The summed E-state index contributed by atoms with van der Waals surface area (Å²) < 4.78 is 32.5. The number of piperazine rings is 1. The molecule has 0 bridgehead atoms. The second kappa shape index (κ2) is 8.97. The lowest BCUT2D eigenvalue weighted by molar-refractivity contribution is -0.386. The molecule has 184 valence electrons. The number of sulfonamides is 1. The van der Waals surface area contributed by atoms with E-state index in [9.17, 15) is 23.3 Å². The molecule has 0 spiro atoms.